The number of hydrogen-bond acceptors (Lipinski definition) is 5. The molecule has 9 heteroatoms. The molecule has 1 aromatic rings. The third kappa shape index (κ3) is 2.42. The highest BCUT2D eigenvalue weighted by molar-refractivity contribution is 6.32. The van der Waals surface area contributed by atoms with Crippen molar-refractivity contribution in [1.82, 2.24) is 9.88 Å². The third-order valence-corrected chi connectivity index (χ3v) is 3.41. The van der Waals surface area contributed by atoms with Gasteiger partial charge in [0, 0.05) is 12.7 Å². The normalized spacial score (nSPS) is 18.1. The summed E-state index contributed by atoms with van der Waals surface area (Å²) in [5, 5.41) is 10.6. The van der Waals surface area contributed by atoms with Gasteiger partial charge in [-0.05, 0) is 18.9 Å². The Bertz CT molecular complexity index is 592. The minimum absolute atomic E-state index is 0.192. The van der Waals surface area contributed by atoms with Gasteiger partial charge in [-0.15, -0.1) is 0 Å². The predicted octanol–water partition coefficient (Wildman–Crippen LogP) is 0.733. The van der Waals surface area contributed by atoms with E-state index in [0.29, 0.717) is 19.4 Å². The number of likely N-dealkylation sites (tertiary alicyclic amines) is 1. The first-order chi connectivity index (χ1) is 9.43. The van der Waals surface area contributed by atoms with Gasteiger partial charge in [-0.25, -0.2) is 4.98 Å². The van der Waals surface area contributed by atoms with E-state index in [0.717, 1.165) is 0 Å². The molecule has 1 fully saturated rings. The van der Waals surface area contributed by atoms with Gasteiger partial charge >= 0.3 is 5.69 Å². The van der Waals surface area contributed by atoms with Crippen LogP contribution >= 0.6 is 11.6 Å². The number of aromatic nitrogens is 1. The molecule has 1 aliphatic heterocycles. The highest BCUT2D eigenvalue weighted by atomic mass is 35.5. The number of nitrogens with zero attached hydrogens (tertiary/aromatic N) is 3. The van der Waals surface area contributed by atoms with E-state index in [9.17, 15) is 19.7 Å². The molecule has 2 amide bonds. The topological polar surface area (TPSA) is 119 Å². The second kappa shape index (κ2) is 5.41. The molecule has 0 spiro atoms. The van der Waals surface area contributed by atoms with E-state index < -0.39 is 28.5 Å². The Morgan fingerprint density at radius 1 is 1.55 bits per heavy atom. The van der Waals surface area contributed by atoms with Crippen LogP contribution in [0.5, 0.6) is 0 Å². The molecular weight excluding hydrogens is 288 g/mol. The fourth-order valence-electron chi connectivity index (χ4n) is 2.24. The summed E-state index contributed by atoms with van der Waals surface area (Å²) in [5.41, 5.74) is 4.47. The monoisotopic (exact) mass is 298 g/mol. The van der Waals surface area contributed by atoms with Crippen LogP contribution in [0.15, 0.2) is 12.3 Å². The Morgan fingerprint density at radius 3 is 2.85 bits per heavy atom. The van der Waals surface area contributed by atoms with E-state index in [4.69, 9.17) is 17.3 Å². The van der Waals surface area contributed by atoms with E-state index in [2.05, 4.69) is 4.98 Å². The highest BCUT2D eigenvalue weighted by Gasteiger charge is 2.36. The van der Waals surface area contributed by atoms with E-state index in [-0.39, 0.29) is 10.7 Å². The quantitative estimate of drug-likeness (QED) is 0.501. The van der Waals surface area contributed by atoms with Crippen LogP contribution in [0.2, 0.25) is 5.15 Å². The van der Waals surface area contributed by atoms with Crippen molar-refractivity contribution in [2.75, 3.05) is 6.54 Å². The Hall–Kier alpha value is -2.22. The fraction of sp³-hybridized carbons (Fsp3) is 0.364. The van der Waals surface area contributed by atoms with Crippen LogP contribution < -0.4 is 5.73 Å². The molecular formula is C11H11ClN4O4. The van der Waals surface area contributed by atoms with Gasteiger partial charge in [-0.2, -0.15) is 0 Å². The number of hydrogen-bond donors (Lipinski definition) is 1. The second-order valence-corrected chi connectivity index (χ2v) is 4.67. The van der Waals surface area contributed by atoms with Gasteiger partial charge in [0.25, 0.3) is 5.91 Å². The molecule has 20 heavy (non-hydrogen) atoms. The summed E-state index contributed by atoms with van der Waals surface area (Å²) in [6.07, 6.45) is 2.28. The van der Waals surface area contributed by atoms with Gasteiger partial charge in [-0.3, -0.25) is 19.7 Å². The van der Waals surface area contributed by atoms with Crippen LogP contribution in [0.25, 0.3) is 0 Å². The summed E-state index contributed by atoms with van der Waals surface area (Å²) < 4.78 is 0. The van der Waals surface area contributed by atoms with E-state index in [1.165, 1.54) is 17.2 Å². The molecule has 1 aliphatic rings. The average Bonchev–Trinajstić information content (AvgIpc) is 2.86. The van der Waals surface area contributed by atoms with Crippen LogP contribution in [0.1, 0.15) is 23.2 Å². The number of primary amides is 1. The number of pyridine rings is 1. The lowest BCUT2D eigenvalue weighted by molar-refractivity contribution is -0.385. The summed E-state index contributed by atoms with van der Waals surface area (Å²) >= 11 is 5.66. The van der Waals surface area contributed by atoms with Crippen molar-refractivity contribution in [2.45, 2.75) is 18.9 Å². The molecule has 2 rings (SSSR count). The number of nitrogens with two attached hydrogens (primary N) is 1. The van der Waals surface area contributed by atoms with Gasteiger partial charge in [0.15, 0.2) is 0 Å². The SMILES string of the molecule is NC(=O)C1CCCN1C(=O)c1ccnc(Cl)c1[N+](=O)[O-]. The zero-order valence-electron chi connectivity index (χ0n) is 10.3. The summed E-state index contributed by atoms with van der Waals surface area (Å²) in [4.78, 5) is 38.7. The maximum absolute atomic E-state index is 12.4. The summed E-state index contributed by atoms with van der Waals surface area (Å²) in [7, 11) is 0. The van der Waals surface area contributed by atoms with Crippen molar-refractivity contribution in [3.63, 3.8) is 0 Å². The van der Waals surface area contributed by atoms with Crippen LogP contribution in [0, 0.1) is 10.1 Å². The molecule has 1 aromatic heterocycles. The molecule has 2 heterocycles. The molecule has 1 atom stereocenters. The Morgan fingerprint density at radius 2 is 2.25 bits per heavy atom. The van der Waals surface area contributed by atoms with Crippen LogP contribution in [0.3, 0.4) is 0 Å². The molecule has 106 valence electrons. The van der Waals surface area contributed by atoms with Crippen LogP contribution in [0.4, 0.5) is 5.69 Å². The molecule has 0 aromatic carbocycles. The van der Waals surface area contributed by atoms with Gasteiger partial charge < -0.3 is 10.6 Å². The average molecular weight is 299 g/mol. The summed E-state index contributed by atoms with van der Waals surface area (Å²) in [6, 6.07) is 0.469. The molecule has 0 aliphatic carbocycles. The number of carbonyl (C=O) groups excluding carboxylic acids is 2. The largest absolute Gasteiger partial charge is 0.368 e. The van der Waals surface area contributed by atoms with Gasteiger partial charge in [-0.1, -0.05) is 11.6 Å². The standard InChI is InChI=1S/C11H11ClN4O4/c12-9-8(16(19)20)6(3-4-14-9)11(18)15-5-1-2-7(15)10(13)17/h3-4,7H,1-2,5H2,(H2,13,17). The molecule has 0 bridgehead atoms. The van der Waals surface area contributed by atoms with Gasteiger partial charge in [0.05, 0.1) is 4.92 Å². The number of carbonyl (C=O) groups is 2. The minimum Gasteiger partial charge on any atom is -0.368 e. The molecule has 2 N–H and O–H groups in total. The highest BCUT2D eigenvalue weighted by Crippen LogP contribution is 2.29. The maximum atomic E-state index is 12.4. The molecule has 1 unspecified atom stereocenters. The first-order valence-corrected chi connectivity index (χ1v) is 6.20. The van der Waals surface area contributed by atoms with Gasteiger partial charge in [0.2, 0.25) is 11.1 Å². The predicted molar refractivity (Wildman–Crippen MR) is 69.2 cm³/mol. The van der Waals surface area contributed by atoms with Crippen molar-refractivity contribution >= 4 is 29.1 Å². The first-order valence-electron chi connectivity index (χ1n) is 5.82. The van der Waals surface area contributed by atoms with Crippen molar-refractivity contribution in [3.8, 4) is 0 Å². The smallest absolute Gasteiger partial charge is 0.319 e. The minimum atomic E-state index is -0.766. The second-order valence-electron chi connectivity index (χ2n) is 4.31. The Labute approximate surface area is 118 Å². The van der Waals surface area contributed by atoms with E-state index in [1.54, 1.807) is 0 Å². The Kier molecular flexibility index (Phi) is 3.84. The van der Waals surface area contributed by atoms with Crippen LogP contribution in [-0.4, -0.2) is 39.2 Å². The molecule has 1 saturated heterocycles. The first kappa shape index (κ1) is 14.2. The lowest BCUT2D eigenvalue weighted by Gasteiger charge is -2.22. The summed E-state index contributed by atoms with van der Waals surface area (Å²) in [5.74, 6) is -1.26. The van der Waals surface area contributed by atoms with Crippen molar-refractivity contribution in [3.05, 3.63) is 33.1 Å². The van der Waals surface area contributed by atoms with Crippen LogP contribution in [-0.2, 0) is 4.79 Å². The fourth-order valence-corrected chi connectivity index (χ4v) is 2.46. The number of halogens is 1. The lowest BCUT2D eigenvalue weighted by atomic mass is 10.1. The van der Waals surface area contributed by atoms with Crippen molar-refractivity contribution in [1.29, 1.82) is 0 Å². The number of amides is 2. The zero-order valence-corrected chi connectivity index (χ0v) is 11.0. The van der Waals surface area contributed by atoms with Crippen molar-refractivity contribution < 1.29 is 14.5 Å². The summed E-state index contributed by atoms with van der Waals surface area (Å²) in [6.45, 7) is 0.323. The number of rotatable bonds is 3. The number of nitro groups is 1. The Balaban J connectivity index is 2.42. The van der Waals surface area contributed by atoms with E-state index >= 15 is 0 Å². The van der Waals surface area contributed by atoms with Crippen molar-refractivity contribution in [2.24, 2.45) is 5.73 Å². The molecule has 8 nitrogen and oxygen atoms in total. The third-order valence-electron chi connectivity index (χ3n) is 3.13. The molecule has 0 saturated carbocycles. The zero-order chi connectivity index (χ0) is 14.9. The van der Waals surface area contributed by atoms with E-state index in [1.807, 2.05) is 0 Å². The maximum Gasteiger partial charge on any atom is 0.319 e. The van der Waals surface area contributed by atoms with Gasteiger partial charge in [0.1, 0.15) is 11.6 Å². The molecule has 0 radical (unpaired) electrons. The lowest BCUT2D eigenvalue weighted by Crippen LogP contribution is -2.43.